The minimum absolute atomic E-state index is 0.340. The van der Waals surface area contributed by atoms with Gasteiger partial charge in [-0.25, -0.2) is 0 Å². The summed E-state index contributed by atoms with van der Waals surface area (Å²) in [7, 11) is 0. The van der Waals surface area contributed by atoms with Crippen molar-refractivity contribution in [2.45, 2.75) is 45.1 Å². The van der Waals surface area contributed by atoms with Gasteiger partial charge in [-0.15, -0.1) is 0 Å². The van der Waals surface area contributed by atoms with Crippen molar-refractivity contribution >= 4 is 11.8 Å². The zero-order chi connectivity index (χ0) is 13.9. The molecule has 2 nitrogen and oxygen atoms in total. The number of unbranched alkanes of at least 4 members (excludes halogenated alkanes) is 3. The van der Waals surface area contributed by atoms with Crippen LogP contribution < -0.4 is 5.32 Å². The number of nitrogens with one attached hydrogen (secondary N) is 1. The van der Waals surface area contributed by atoms with E-state index in [2.05, 4.69) is 18.5 Å². The van der Waals surface area contributed by atoms with Gasteiger partial charge in [0.2, 0.25) is 0 Å². The summed E-state index contributed by atoms with van der Waals surface area (Å²) in [5.41, 5.74) is 1.27. The monoisotopic (exact) mass is 281 g/mol. The molecule has 0 aliphatic carbocycles. The number of thioether (sulfide) groups is 1. The van der Waals surface area contributed by atoms with Crippen LogP contribution in [-0.4, -0.2) is 23.7 Å². The number of phenols is 1. The molecule has 0 saturated heterocycles. The van der Waals surface area contributed by atoms with Crippen molar-refractivity contribution in [2.75, 3.05) is 18.6 Å². The Hall–Kier alpha value is -0.670. The van der Waals surface area contributed by atoms with Gasteiger partial charge >= 0.3 is 0 Å². The molecular weight excluding hydrogens is 254 g/mol. The molecule has 3 heteroatoms. The third kappa shape index (κ3) is 6.88. The van der Waals surface area contributed by atoms with Crippen LogP contribution in [0.15, 0.2) is 24.3 Å². The SMILES string of the molecule is CCC(NCCCCCCSC)c1ccc(O)cc1. The Kier molecular flexibility index (Phi) is 8.76. The predicted octanol–water partition coefficient (Wildman–Crippen LogP) is 4.36. The van der Waals surface area contributed by atoms with Crippen LogP contribution in [0.2, 0.25) is 0 Å². The summed E-state index contributed by atoms with van der Waals surface area (Å²) in [6.45, 7) is 3.28. The first-order valence-corrected chi connectivity index (χ1v) is 8.68. The lowest BCUT2D eigenvalue weighted by atomic mass is 10.0. The predicted molar refractivity (Wildman–Crippen MR) is 86.0 cm³/mol. The normalized spacial score (nSPS) is 12.5. The van der Waals surface area contributed by atoms with Crippen molar-refractivity contribution in [3.63, 3.8) is 0 Å². The molecule has 2 N–H and O–H groups in total. The lowest BCUT2D eigenvalue weighted by molar-refractivity contribution is 0.472. The van der Waals surface area contributed by atoms with Crippen LogP contribution in [0, 0.1) is 0 Å². The third-order valence-corrected chi connectivity index (χ3v) is 4.07. The topological polar surface area (TPSA) is 32.3 Å². The summed E-state index contributed by atoms with van der Waals surface area (Å²) in [5, 5.41) is 12.9. The molecule has 0 radical (unpaired) electrons. The highest BCUT2D eigenvalue weighted by molar-refractivity contribution is 7.98. The minimum Gasteiger partial charge on any atom is -0.508 e. The number of aromatic hydroxyl groups is 1. The van der Waals surface area contributed by atoms with Crippen LogP contribution in [0.1, 0.15) is 50.6 Å². The molecule has 1 rings (SSSR count). The summed E-state index contributed by atoms with van der Waals surface area (Å²) < 4.78 is 0. The van der Waals surface area contributed by atoms with E-state index in [1.165, 1.54) is 37.0 Å². The van der Waals surface area contributed by atoms with Crippen LogP contribution >= 0.6 is 11.8 Å². The standard InChI is InChI=1S/C16H27NOS/c1-3-16(14-8-10-15(18)11-9-14)17-12-6-4-5-7-13-19-2/h8-11,16-18H,3-7,12-13H2,1-2H3. The van der Waals surface area contributed by atoms with Crippen molar-refractivity contribution in [3.05, 3.63) is 29.8 Å². The van der Waals surface area contributed by atoms with Crippen molar-refractivity contribution < 1.29 is 5.11 Å². The first-order valence-electron chi connectivity index (χ1n) is 7.29. The van der Waals surface area contributed by atoms with Gasteiger partial charge in [-0.1, -0.05) is 31.9 Å². The molecule has 0 amide bonds. The van der Waals surface area contributed by atoms with E-state index in [0.717, 1.165) is 13.0 Å². The molecule has 1 aromatic carbocycles. The smallest absolute Gasteiger partial charge is 0.115 e. The highest BCUT2D eigenvalue weighted by Crippen LogP contribution is 2.19. The van der Waals surface area contributed by atoms with E-state index in [4.69, 9.17) is 0 Å². The molecule has 1 aromatic rings. The summed E-state index contributed by atoms with van der Waals surface area (Å²) in [6.07, 6.45) is 8.51. The second kappa shape index (κ2) is 10.2. The Labute approximate surface area is 122 Å². The van der Waals surface area contributed by atoms with Gasteiger partial charge in [0.15, 0.2) is 0 Å². The van der Waals surface area contributed by atoms with E-state index in [9.17, 15) is 5.11 Å². The fourth-order valence-corrected chi connectivity index (χ4v) is 2.70. The average Bonchev–Trinajstić information content (AvgIpc) is 2.43. The van der Waals surface area contributed by atoms with Crippen molar-refractivity contribution in [1.82, 2.24) is 5.32 Å². The average molecular weight is 281 g/mol. The van der Waals surface area contributed by atoms with Gasteiger partial charge in [0, 0.05) is 6.04 Å². The molecule has 108 valence electrons. The Bertz CT molecular complexity index is 326. The molecule has 19 heavy (non-hydrogen) atoms. The summed E-state index contributed by atoms with van der Waals surface area (Å²) in [5.74, 6) is 1.63. The van der Waals surface area contributed by atoms with Gasteiger partial charge in [0.25, 0.3) is 0 Å². The molecule has 1 atom stereocenters. The zero-order valence-electron chi connectivity index (χ0n) is 12.2. The Morgan fingerprint density at radius 3 is 2.42 bits per heavy atom. The molecule has 0 spiro atoms. The maximum absolute atomic E-state index is 9.31. The van der Waals surface area contributed by atoms with Crippen LogP contribution in [-0.2, 0) is 0 Å². The van der Waals surface area contributed by atoms with Crippen molar-refractivity contribution in [3.8, 4) is 5.75 Å². The van der Waals surface area contributed by atoms with E-state index >= 15 is 0 Å². The largest absolute Gasteiger partial charge is 0.508 e. The third-order valence-electron chi connectivity index (χ3n) is 3.37. The Balaban J connectivity index is 2.20. The summed E-state index contributed by atoms with van der Waals surface area (Å²) in [6, 6.07) is 7.96. The van der Waals surface area contributed by atoms with Crippen LogP contribution in [0.3, 0.4) is 0 Å². The molecule has 0 bridgehead atoms. The van der Waals surface area contributed by atoms with E-state index in [1.54, 1.807) is 12.1 Å². The lowest BCUT2D eigenvalue weighted by Gasteiger charge is -2.17. The number of phenolic OH excluding ortho intramolecular Hbond substituents is 1. The quantitative estimate of drug-likeness (QED) is 0.625. The molecular formula is C16H27NOS. The zero-order valence-corrected chi connectivity index (χ0v) is 13.0. The lowest BCUT2D eigenvalue weighted by Crippen LogP contribution is -2.21. The minimum atomic E-state index is 0.340. The Morgan fingerprint density at radius 1 is 1.11 bits per heavy atom. The van der Waals surface area contributed by atoms with Gasteiger partial charge in [0.05, 0.1) is 0 Å². The van der Waals surface area contributed by atoms with Crippen LogP contribution in [0.25, 0.3) is 0 Å². The molecule has 0 aliphatic rings. The number of rotatable bonds is 10. The fraction of sp³-hybridized carbons (Fsp3) is 0.625. The van der Waals surface area contributed by atoms with Gasteiger partial charge in [-0.3, -0.25) is 0 Å². The maximum atomic E-state index is 9.31. The highest BCUT2D eigenvalue weighted by Gasteiger charge is 2.07. The molecule has 0 fully saturated rings. The molecule has 0 saturated carbocycles. The highest BCUT2D eigenvalue weighted by atomic mass is 32.2. The number of hydrogen-bond acceptors (Lipinski definition) is 3. The van der Waals surface area contributed by atoms with E-state index in [0.29, 0.717) is 11.8 Å². The number of hydrogen-bond donors (Lipinski definition) is 2. The van der Waals surface area contributed by atoms with Crippen LogP contribution in [0.4, 0.5) is 0 Å². The van der Waals surface area contributed by atoms with Crippen LogP contribution in [0.5, 0.6) is 5.75 Å². The number of benzene rings is 1. The molecule has 1 unspecified atom stereocenters. The summed E-state index contributed by atoms with van der Waals surface area (Å²) in [4.78, 5) is 0. The molecule has 0 aliphatic heterocycles. The van der Waals surface area contributed by atoms with E-state index < -0.39 is 0 Å². The van der Waals surface area contributed by atoms with Crippen molar-refractivity contribution in [1.29, 1.82) is 0 Å². The Morgan fingerprint density at radius 2 is 1.79 bits per heavy atom. The van der Waals surface area contributed by atoms with Gasteiger partial charge in [0.1, 0.15) is 5.75 Å². The summed E-state index contributed by atoms with van der Waals surface area (Å²) >= 11 is 1.94. The van der Waals surface area contributed by atoms with E-state index in [-0.39, 0.29) is 0 Å². The second-order valence-corrected chi connectivity index (χ2v) is 5.90. The maximum Gasteiger partial charge on any atom is 0.115 e. The van der Waals surface area contributed by atoms with Gasteiger partial charge in [-0.2, -0.15) is 11.8 Å². The first kappa shape index (κ1) is 16.4. The van der Waals surface area contributed by atoms with Gasteiger partial charge in [-0.05, 0) is 55.5 Å². The van der Waals surface area contributed by atoms with E-state index in [1.807, 2.05) is 23.9 Å². The van der Waals surface area contributed by atoms with Gasteiger partial charge < -0.3 is 10.4 Å². The van der Waals surface area contributed by atoms with Crippen molar-refractivity contribution in [2.24, 2.45) is 0 Å². The second-order valence-electron chi connectivity index (χ2n) is 4.91. The first-order chi connectivity index (χ1) is 9.27. The fourth-order valence-electron chi connectivity index (χ4n) is 2.21. The molecule has 0 heterocycles. The molecule has 0 aromatic heterocycles.